The van der Waals surface area contributed by atoms with E-state index in [4.69, 9.17) is 9.84 Å². The standard InChI is InChI=1S/C20H22F2N4O4/c1-20(2,3)30-19(29)25-16-10-26(17-8-23-15(7-24-17)18(27)28)9-13(16)12-6-11(21)4-5-14(12)22/h4-8,13,16H,9-10H2,1-3H3,(H,25,29)(H,27,28)/t13-,16+/m1/s1. The van der Waals surface area contributed by atoms with Gasteiger partial charge in [-0.2, -0.15) is 0 Å². The van der Waals surface area contributed by atoms with E-state index >= 15 is 0 Å². The van der Waals surface area contributed by atoms with E-state index in [1.54, 1.807) is 25.7 Å². The molecule has 1 aromatic carbocycles. The second-order valence-corrected chi connectivity index (χ2v) is 8.00. The number of hydrogen-bond acceptors (Lipinski definition) is 6. The Hall–Kier alpha value is -3.30. The lowest BCUT2D eigenvalue weighted by atomic mass is 9.94. The highest BCUT2D eigenvalue weighted by Gasteiger charge is 2.38. The first-order valence-electron chi connectivity index (χ1n) is 9.28. The first-order chi connectivity index (χ1) is 14.0. The lowest BCUT2D eigenvalue weighted by Crippen LogP contribution is -2.43. The first-order valence-corrected chi connectivity index (χ1v) is 9.28. The molecule has 0 unspecified atom stereocenters. The molecule has 1 aromatic heterocycles. The number of halogens is 2. The van der Waals surface area contributed by atoms with E-state index in [1.807, 2.05) is 0 Å². The molecule has 2 N–H and O–H groups in total. The predicted molar refractivity (Wildman–Crippen MR) is 103 cm³/mol. The van der Waals surface area contributed by atoms with E-state index in [1.165, 1.54) is 6.20 Å². The van der Waals surface area contributed by atoms with Crippen molar-refractivity contribution in [3.8, 4) is 0 Å². The van der Waals surface area contributed by atoms with Gasteiger partial charge in [0.2, 0.25) is 0 Å². The van der Waals surface area contributed by atoms with Crippen LogP contribution in [0.4, 0.5) is 19.4 Å². The summed E-state index contributed by atoms with van der Waals surface area (Å²) >= 11 is 0. The number of carboxylic acid groups (broad SMARTS) is 1. The summed E-state index contributed by atoms with van der Waals surface area (Å²) in [7, 11) is 0. The highest BCUT2D eigenvalue weighted by atomic mass is 19.1. The number of hydrogen-bond donors (Lipinski definition) is 2. The van der Waals surface area contributed by atoms with E-state index < -0.39 is 41.3 Å². The molecule has 0 radical (unpaired) electrons. The van der Waals surface area contributed by atoms with Crippen molar-refractivity contribution in [1.82, 2.24) is 15.3 Å². The number of aromatic carboxylic acids is 1. The number of amides is 1. The van der Waals surface area contributed by atoms with Gasteiger partial charge in [-0.25, -0.2) is 28.3 Å². The molecule has 1 aliphatic heterocycles. The molecule has 8 nitrogen and oxygen atoms in total. The summed E-state index contributed by atoms with van der Waals surface area (Å²) in [5.74, 6) is -2.62. The molecule has 2 heterocycles. The zero-order chi connectivity index (χ0) is 22.1. The molecule has 1 amide bonds. The summed E-state index contributed by atoms with van der Waals surface area (Å²) in [6.45, 7) is 5.59. The molecule has 3 rings (SSSR count). The maximum Gasteiger partial charge on any atom is 0.407 e. The van der Waals surface area contributed by atoms with Crippen LogP contribution in [0.5, 0.6) is 0 Å². The van der Waals surface area contributed by atoms with Crippen molar-refractivity contribution < 1.29 is 28.2 Å². The topological polar surface area (TPSA) is 105 Å². The smallest absolute Gasteiger partial charge is 0.407 e. The Morgan fingerprint density at radius 1 is 1.20 bits per heavy atom. The molecule has 2 aromatic rings. The Morgan fingerprint density at radius 3 is 2.53 bits per heavy atom. The van der Waals surface area contributed by atoms with E-state index in [0.29, 0.717) is 5.82 Å². The number of nitrogens with zero attached hydrogens (tertiary/aromatic N) is 3. The van der Waals surface area contributed by atoms with Crippen LogP contribution in [0.3, 0.4) is 0 Å². The van der Waals surface area contributed by atoms with Gasteiger partial charge in [0, 0.05) is 19.0 Å². The van der Waals surface area contributed by atoms with E-state index in [9.17, 15) is 18.4 Å². The van der Waals surface area contributed by atoms with Crippen LogP contribution in [0.25, 0.3) is 0 Å². The zero-order valence-corrected chi connectivity index (χ0v) is 16.7. The van der Waals surface area contributed by atoms with Crippen molar-refractivity contribution in [2.24, 2.45) is 0 Å². The number of carbonyl (C=O) groups is 2. The molecule has 2 atom stereocenters. The molecular formula is C20H22F2N4O4. The van der Waals surface area contributed by atoms with Gasteiger partial charge in [-0.05, 0) is 44.5 Å². The average molecular weight is 420 g/mol. The lowest BCUT2D eigenvalue weighted by molar-refractivity contribution is 0.0504. The van der Waals surface area contributed by atoms with E-state index in [2.05, 4.69) is 15.3 Å². The van der Waals surface area contributed by atoms with Gasteiger partial charge in [-0.15, -0.1) is 0 Å². The molecule has 1 aliphatic rings. The minimum Gasteiger partial charge on any atom is -0.476 e. The number of aromatic nitrogens is 2. The van der Waals surface area contributed by atoms with Crippen molar-refractivity contribution in [1.29, 1.82) is 0 Å². The van der Waals surface area contributed by atoms with Gasteiger partial charge in [-0.1, -0.05) is 0 Å². The third-order valence-electron chi connectivity index (χ3n) is 4.56. The van der Waals surface area contributed by atoms with Gasteiger partial charge in [0.05, 0.1) is 18.4 Å². The SMILES string of the molecule is CC(C)(C)OC(=O)N[C@H]1CN(c2cnc(C(=O)O)cn2)C[C@@H]1c1cc(F)ccc1F. The maximum absolute atomic E-state index is 14.5. The van der Waals surface area contributed by atoms with Gasteiger partial charge >= 0.3 is 12.1 Å². The number of alkyl carbamates (subject to hydrolysis) is 1. The van der Waals surface area contributed by atoms with Crippen LogP contribution >= 0.6 is 0 Å². The van der Waals surface area contributed by atoms with E-state index in [0.717, 1.165) is 24.4 Å². The average Bonchev–Trinajstić information content (AvgIpc) is 3.05. The number of nitrogens with one attached hydrogen (secondary N) is 1. The molecular weight excluding hydrogens is 398 g/mol. The van der Waals surface area contributed by atoms with Crippen molar-refractivity contribution in [2.75, 3.05) is 18.0 Å². The normalized spacial score (nSPS) is 18.9. The Labute approximate surface area is 171 Å². The second kappa shape index (κ2) is 8.21. The molecule has 30 heavy (non-hydrogen) atoms. The Balaban J connectivity index is 1.88. The number of benzene rings is 1. The van der Waals surface area contributed by atoms with Crippen LogP contribution in [0, 0.1) is 11.6 Å². The molecule has 0 aliphatic carbocycles. The van der Waals surface area contributed by atoms with Crippen LogP contribution in [-0.4, -0.2) is 51.9 Å². The van der Waals surface area contributed by atoms with Crippen molar-refractivity contribution >= 4 is 17.9 Å². The first kappa shape index (κ1) is 21.4. The number of anilines is 1. The summed E-state index contributed by atoms with van der Waals surface area (Å²) in [6, 6.07) is 2.57. The molecule has 10 heteroatoms. The van der Waals surface area contributed by atoms with Crippen LogP contribution in [0.2, 0.25) is 0 Å². The van der Waals surface area contributed by atoms with Gasteiger partial charge in [-0.3, -0.25) is 0 Å². The van der Waals surface area contributed by atoms with Crippen LogP contribution in [0.1, 0.15) is 42.7 Å². The summed E-state index contributed by atoms with van der Waals surface area (Å²) in [5.41, 5.74) is -0.817. The van der Waals surface area contributed by atoms with Crippen LogP contribution < -0.4 is 10.2 Å². The van der Waals surface area contributed by atoms with Gasteiger partial charge < -0.3 is 20.1 Å². The van der Waals surface area contributed by atoms with Crippen molar-refractivity contribution in [3.63, 3.8) is 0 Å². The van der Waals surface area contributed by atoms with Gasteiger partial charge in [0.25, 0.3) is 0 Å². The fourth-order valence-electron chi connectivity index (χ4n) is 3.30. The number of carboxylic acids is 1. The zero-order valence-electron chi connectivity index (χ0n) is 16.7. The third-order valence-corrected chi connectivity index (χ3v) is 4.56. The highest BCUT2D eigenvalue weighted by Crippen LogP contribution is 2.32. The molecule has 1 fully saturated rings. The highest BCUT2D eigenvalue weighted by molar-refractivity contribution is 5.84. The Bertz CT molecular complexity index is 947. The summed E-state index contributed by atoms with van der Waals surface area (Å²) in [4.78, 5) is 32.9. The van der Waals surface area contributed by atoms with Crippen molar-refractivity contribution in [2.45, 2.75) is 38.3 Å². The molecule has 1 saturated heterocycles. The lowest BCUT2D eigenvalue weighted by Gasteiger charge is -2.24. The quantitative estimate of drug-likeness (QED) is 0.784. The molecule has 0 saturated carbocycles. The molecule has 0 bridgehead atoms. The second-order valence-electron chi connectivity index (χ2n) is 8.00. The maximum atomic E-state index is 14.5. The predicted octanol–water partition coefficient (Wildman–Crippen LogP) is 2.95. The van der Waals surface area contributed by atoms with Crippen LogP contribution in [0.15, 0.2) is 30.6 Å². The molecule has 160 valence electrons. The van der Waals surface area contributed by atoms with Crippen molar-refractivity contribution in [3.05, 3.63) is 53.5 Å². The third kappa shape index (κ3) is 5.00. The monoisotopic (exact) mass is 420 g/mol. The summed E-state index contributed by atoms with van der Waals surface area (Å²) in [6.07, 6.45) is 1.73. The minimum atomic E-state index is -1.21. The number of rotatable bonds is 4. The molecule has 0 spiro atoms. The van der Waals surface area contributed by atoms with Crippen LogP contribution in [-0.2, 0) is 4.74 Å². The minimum absolute atomic E-state index is 0.119. The Morgan fingerprint density at radius 2 is 1.93 bits per heavy atom. The number of carbonyl (C=O) groups excluding carboxylic acids is 1. The fraction of sp³-hybridized carbons (Fsp3) is 0.400. The largest absolute Gasteiger partial charge is 0.476 e. The Kier molecular flexibility index (Phi) is 5.86. The van der Waals surface area contributed by atoms with Gasteiger partial charge in [0.1, 0.15) is 23.1 Å². The fourth-order valence-corrected chi connectivity index (χ4v) is 3.30. The van der Waals surface area contributed by atoms with E-state index in [-0.39, 0.29) is 24.3 Å². The summed E-state index contributed by atoms with van der Waals surface area (Å²) in [5, 5.41) is 11.7. The summed E-state index contributed by atoms with van der Waals surface area (Å²) < 4.78 is 33.5. The number of ether oxygens (including phenoxy) is 1. The van der Waals surface area contributed by atoms with Gasteiger partial charge in [0.15, 0.2) is 5.69 Å².